The van der Waals surface area contributed by atoms with Gasteiger partial charge in [0.1, 0.15) is 12.9 Å². The van der Waals surface area contributed by atoms with Gasteiger partial charge in [-0.3, -0.25) is 9.59 Å². The molecule has 1 aromatic heterocycles. The first-order chi connectivity index (χ1) is 10.6. The average molecular weight is 303 g/mol. The minimum atomic E-state index is -0.581. The third kappa shape index (κ3) is 4.11. The Morgan fingerprint density at radius 3 is 2.86 bits per heavy atom. The van der Waals surface area contributed by atoms with Gasteiger partial charge in [-0.1, -0.05) is 25.1 Å². The van der Waals surface area contributed by atoms with Crippen LogP contribution in [0.2, 0.25) is 0 Å². The van der Waals surface area contributed by atoms with Gasteiger partial charge in [-0.15, -0.1) is 5.10 Å². The molecule has 1 heterocycles. The summed E-state index contributed by atoms with van der Waals surface area (Å²) in [5, 5.41) is 13.1. The van der Waals surface area contributed by atoms with Crippen LogP contribution in [-0.4, -0.2) is 38.7 Å². The van der Waals surface area contributed by atoms with Crippen molar-refractivity contribution in [2.24, 2.45) is 0 Å². The Morgan fingerprint density at radius 2 is 2.18 bits per heavy atom. The Hall–Kier alpha value is -2.77. The van der Waals surface area contributed by atoms with Gasteiger partial charge in [0.2, 0.25) is 0 Å². The van der Waals surface area contributed by atoms with E-state index in [9.17, 15) is 9.59 Å². The number of rotatable bonds is 6. The largest absolute Gasteiger partial charge is 0.454 e. The minimum absolute atomic E-state index is 0.134. The molecule has 0 unspecified atom stereocenters. The normalized spacial score (nSPS) is 10.3. The highest BCUT2D eigenvalue weighted by Crippen LogP contribution is 2.20. The lowest BCUT2D eigenvalue weighted by Crippen LogP contribution is -2.24. The highest BCUT2D eigenvalue weighted by atomic mass is 16.5. The number of benzene rings is 1. The molecule has 0 atom stereocenters. The molecule has 0 aliphatic carbocycles. The van der Waals surface area contributed by atoms with Crippen LogP contribution in [0.25, 0.3) is 0 Å². The lowest BCUT2D eigenvalue weighted by Gasteiger charge is -2.13. The number of nitrogens with one attached hydrogen (secondary N) is 1. The molecule has 22 heavy (non-hydrogen) atoms. The van der Waals surface area contributed by atoms with Crippen molar-refractivity contribution >= 4 is 17.6 Å². The molecular weight excluding hydrogens is 286 g/mol. The fourth-order valence-electron chi connectivity index (χ4n) is 1.95. The van der Waals surface area contributed by atoms with Crippen molar-refractivity contribution in [2.75, 3.05) is 11.9 Å². The molecule has 0 aliphatic rings. The standard InChI is InChI=1S/C14H17N5O3/c1-3-11-6-4-5-10(2)14(11)16-12(20)8-22-13(21)7-19-9-15-17-18-19/h4-6,9H,3,7-8H2,1-2H3,(H,16,20). The van der Waals surface area contributed by atoms with Gasteiger partial charge in [-0.2, -0.15) is 0 Å². The summed E-state index contributed by atoms with van der Waals surface area (Å²) in [4.78, 5) is 23.4. The van der Waals surface area contributed by atoms with E-state index < -0.39 is 5.97 Å². The number of nitrogens with zero attached hydrogens (tertiary/aromatic N) is 4. The zero-order valence-corrected chi connectivity index (χ0v) is 12.4. The number of carbonyl (C=O) groups is 2. The van der Waals surface area contributed by atoms with Crippen LogP contribution in [0, 0.1) is 6.92 Å². The van der Waals surface area contributed by atoms with Crippen molar-refractivity contribution in [1.29, 1.82) is 0 Å². The number of aromatic nitrogens is 4. The van der Waals surface area contributed by atoms with Gasteiger partial charge in [0, 0.05) is 5.69 Å². The Morgan fingerprint density at radius 1 is 1.36 bits per heavy atom. The van der Waals surface area contributed by atoms with Crippen molar-refractivity contribution in [3.8, 4) is 0 Å². The number of esters is 1. The summed E-state index contributed by atoms with van der Waals surface area (Å²) in [7, 11) is 0. The fraction of sp³-hybridized carbons (Fsp3) is 0.357. The van der Waals surface area contributed by atoms with Gasteiger partial charge in [0.15, 0.2) is 6.61 Å². The molecule has 0 fully saturated rings. The third-order valence-corrected chi connectivity index (χ3v) is 3.05. The van der Waals surface area contributed by atoms with Crippen molar-refractivity contribution in [3.63, 3.8) is 0 Å². The smallest absolute Gasteiger partial charge is 0.328 e. The maximum absolute atomic E-state index is 11.9. The van der Waals surface area contributed by atoms with E-state index in [1.165, 1.54) is 11.0 Å². The average Bonchev–Trinajstić information content (AvgIpc) is 3.00. The lowest BCUT2D eigenvalue weighted by atomic mass is 10.1. The Kier molecular flexibility index (Phi) is 5.18. The zero-order valence-electron chi connectivity index (χ0n) is 12.4. The molecular formula is C14H17N5O3. The molecule has 0 radical (unpaired) electrons. The summed E-state index contributed by atoms with van der Waals surface area (Å²) in [6.45, 7) is 3.44. The lowest BCUT2D eigenvalue weighted by molar-refractivity contribution is -0.148. The first-order valence-corrected chi connectivity index (χ1v) is 6.85. The van der Waals surface area contributed by atoms with Crippen LogP contribution in [0.5, 0.6) is 0 Å². The van der Waals surface area contributed by atoms with Crippen LogP contribution in [0.4, 0.5) is 5.69 Å². The maximum Gasteiger partial charge on any atom is 0.328 e. The second-order valence-corrected chi connectivity index (χ2v) is 4.68. The SMILES string of the molecule is CCc1cccc(C)c1NC(=O)COC(=O)Cn1cnnn1. The summed E-state index contributed by atoms with van der Waals surface area (Å²) >= 11 is 0. The van der Waals surface area contributed by atoms with Crippen LogP contribution in [0.15, 0.2) is 24.5 Å². The molecule has 8 nitrogen and oxygen atoms in total. The molecule has 1 amide bonds. The van der Waals surface area contributed by atoms with Crippen molar-refractivity contribution in [1.82, 2.24) is 20.2 Å². The number of hydrogen-bond acceptors (Lipinski definition) is 6. The predicted octanol–water partition coefficient (Wildman–Crippen LogP) is 0.726. The third-order valence-electron chi connectivity index (χ3n) is 3.05. The van der Waals surface area contributed by atoms with Crippen LogP contribution in [-0.2, 0) is 27.3 Å². The number of para-hydroxylation sites is 1. The van der Waals surface area contributed by atoms with Gasteiger partial charge < -0.3 is 10.1 Å². The summed E-state index contributed by atoms with van der Waals surface area (Å²) in [6.07, 6.45) is 2.10. The van der Waals surface area contributed by atoms with Gasteiger partial charge >= 0.3 is 5.97 Å². The molecule has 0 aliphatic heterocycles. The van der Waals surface area contributed by atoms with E-state index >= 15 is 0 Å². The molecule has 2 rings (SSSR count). The highest BCUT2D eigenvalue weighted by molar-refractivity contribution is 5.94. The number of amides is 1. The number of anilines is 1. The summed E-state index contributed by atoms with van der Waals surface area (Å²) in [6, 6.07) is 5.81. The Bertz CT molecular complexity index is 655. The van der Waals surface area contributed by atoms with Gasteiger partial charge in [-0.25, -0.2) is 4.68 Å². The van der Waals surface area contributed by atoms with E-state index in [-0.39, 0.29) is 19.1 Å². The summed E-state index contributed by atoms with van der Waals surface area (Å²) in [5.41, 5.74) is 2.77. The second-order valence-electron chi connectivity index (χ2n) is 4.68. The van der Waals surface area contributed by atoms with Crippen molar-refractivity contribution in [2.45, 2.75) is 26.8 Å². The molecule has 1 N–H and O–H groups in total. The number of ether oxygens (including phenoxy) is 1. The van der Waals surface area contributed by atoms with Crippen LogP contribution < -0.4 is 5.32 Å². The Labute approximate surface area is 127 Å². The van der Waals surface area contributed by atoms with E-state index in [1.54, 1.807) is 0 Å². The molecule has 116 valence electrons. The second kappa shape index (κ2) is 7.30. The van der Waals surface area contributed by atoms with Crippen molar-refractivity contribution in [3.05, 3.63) is 35.7 Å². The first kappa shape index (κ1) is 15.6. The number of hydrogen-bond donors (Lipinski definition) is 1. The predicted molar refractivity (Wildman–Crippen MR) is 78.0 cm³/mol. The van der Waals surface area contributed by atoms with E-state index in [2.05, 4.69) is 20.8 Å². The van der Waals surface area contributed by atoms with E-state index in [1.807, 2.05) is 32.0 Å². The number of carbonyl (C=O) groups excluding carboxylic acids is 2. The monoisotopic (exact) mass is 303 g/mol. The molecule has 0 spiro atoms. The summed E-state index contributed by atoms with van der Waals surface area (Å²) in [5.74, 6) is -0.961. The number of tetrazole rings is 1. The first-order valence-electron chi connectivity index (χ1n) is 6.85. The maximum atomic E-state index is 11.9. The van der Waals surface area contributed by atoms with Gasteiger partial charge in [-0.05, 0) is 34.9 Å². The van der Waals surface area contributed by atoms with E-state index in [0.717, 1.165) is 23.2 Å². The minimum Gasteiger partial charge on any atom is -0.454 e. The quantitative estimate of drug-likeness (QED) is 0.790. The highest BCUT2D eigenvalue weighted by Gasteiger charge is 2.12. The van der Waals surface area contributed by atoms with Crippen LogP contribution in [0.1, 0.15) is 18.1 Å². The molecule has 2 aromatic rings. The van der Waals surface area contributed by atoms with Crippen LogP contribution in [0.3, 0.4) is 0 Å². The van der Waals surface area contributed by atoms with Crippen molar-refractivity contribution < 1.29 is 14.3 Å². The zero-order chi connectivity index (χ0) is 15.9. The van der Waals surface area contributed by atoms with Crippen LogP contribution >= 0.6 is 0 Å². The molecule has 0 saturated heterocycles. The molecule has 0 bridgehead atoms. The van der Waals surface area contributed by atoms with Gasteiger partial charge in [0.25, 0.3) is 5.91 Å². The van der Waals surface area contributed by atoms with E-state index in [4.69, 9.17) is 4.74 Å². The molecule has 1 aromatic carbocycles. The molecule has 0 saturated carbocycles. The number of aryl methyl sites for hydroxylation is 2. The van der Waals surface area contributed by atoms with E-state index in [0.29, 0.717) is 0 Å². The Balaban J connectivity index is 1.87. The topological polar surface area (TPSA) is 99.0 Å². The fourth-order valence-corrected chi connectivity index (χ4v) is 1.95. The molecule has 8 heteroatoms. The van der Waals surface area contributed by atoms with Gasteiger partial charge in [0.05, 0.1) is 0 Å². The summed E-state index contributed by atoms with van der Waals surface area (Å²) < 4.78 is 6.11.